The highest BCUT2D eigenvalue weighted by Gasteiger charge is 2.15. The van der Waals surface area contributed by atoms with Gasteiger partial charge in [0.2, 0.25) is 0 Å². The van der Waals surface area contributed by atoms with Crippen LogP contribution in [0.3, 0.4) is 0 Å². The lowest BCUT2D eigenvalue weighted by molar-refractivity contribution is 0.0469. The van der Waals surface area contributed by atoms with Crippen LogP contribution in [0, 0.1) is 0 Å². The molecule has 0 aliphatic carbocycles. The Morgan fingerprint density at radius 3 is 2.40 bits per heavy atom. The zero-order chi connectivity index (χ0) is 14.7. The number of rotatable bonds is 3. The largest absolute Gasteiger partial charge is 0.507 e. The fraction of sp³-hybridized carbons (Fsp3) is 0.0714. The normalized spacial score (nSPS) is 10.3. The maximum atomic E-state index is 11.9. The maximum absolute atomic E-state index is 11.9. The van der Waals surface area contributed by atoms with E-state index >= 15 is 0 Å². The number of esters is 1. The summed E-state index contributed by atoms with van der Waals surface area (Å²) in [4.78, 5) is 11.9. The van der Waals surface area contributed by atoms with Crippen LogP contribution >= 0.6 is 34.8 Å². The number of phenolic OH excluding ortho intramolecular Hbond substituents is 1. The van der Waals surface area contributed by atoms with Crippen molar-refractivity contribution >= 4 is 40.8 Å². The molecule has 0 saturated carbocycles. The summed E-state index contributed by atoms with van der Waals surface area (Å²) in [5.74, 6) is -0.911. The topological polar surface area (TPSA) is 46.5 Å². The van der Waals surface area contributed by atoms with Crippen molar-refractivity contribution < 1.29 is 14.6 Å². The van der Waals surface area contributed by atoms with E-state index in [2.05, 4.69) is 0 Å². The van der Waals surface area contributed by atoms with Gasteiger partial charge in [-0.15, -0.1) is 0 Å². The number of aromatic hydroxyl groups is 1. The Morgan fingerprint density at radius 1 is 1.10 bits per heavy atom. The summed E-state index contributed by atoms with van der Waals surface area (Å²) in [6.07, 6.45) is 0. The van der Waals surface area contributed by atoms with Crippen molar-refractivity contribution in [2.24, 2.45) is 0 Å². The van der Waals surface area contributed by atoms with Crippen LogP contribution in [0.5, 0.6) is 5.75 Å². The molecule has 1 N–H and O–H groups in total. The molecule has 0 saturated heterocycles. The lowest BCUT2D eigenvalue weighted by atomic mass is 10.2. The molecule has 0 aromatic heterocycles. The van der Waals surface area contributed by atoms with Crippen LogP contribution < -0.4 is 0 Å². The SMILES string of the molecule is O=C(OCc1c(Cl)cccc1Cl)c1cc(Cl)ccc1O. The molecule has 0 aliphatic heterocycles. The number of ether oxygens (including phenoxy) is 1. The van der Waals surface area contributed by atoms with E-state index in [1.54, 1.807) is 18.2 Å². The van der Waals surface area contributed by atoms with Crippen molar-refractivity contribution in [2.75, 3.05) is 0 Å². The van der Waals surface area contributed by atoms with E-state index in [-0.39, 0.29) is 17.9 Å². The van der Waals surface area contributed by atoms with Crippen molar-refractivity contribution in [3.8, 4) is 5.75 Å². The van der Waals surface area contributed by atoms with E-state index in [9.17, 15) is 9.90 Å². The minimum absolute atomic E-state index is 0.0133. The Balaban J connectivity index is 2.15. The number of halogens is 3. The van der Waals surface area contributed by atoms with Crippen LogP contribution in [-0.4, -0.2) is 11.1 Å². The van der Waals surface area contributed by atoms with Gasteiger partial charge in [-0.1, -0.05) is 40.9 Å². The predicted octanol–water partition coefficient (Wildman–Crippen LogP) is 4.71. The summed E-state index contributed by atoms with van der Waals surface area (Å²) in [5.41, 5.74) is 0.492. The smallest absolute Gasteiger partial charge is 0.342 e. The first-order valence-electron chi connectivity index (χ1n) is 5.57. The molecule has 0 unspecified atom stereocenters. The first-order chi connectivity index (χ1) is 9.49. The summed E-state index contributed by atoms with van der Waals surface area (Å²) >= 11 is 17.7. The van der Waals surface area contributed by atoms with Crippen molar-refractivity contribution in [1.82, 2.24) is 0 Å². The molecule has 0 bridgehead atoms. The van der Waals surface area contributed by atoms with Gasteiger partial charge >= 0.3 is 5.97 Å². The van der Waals surface area contributed by atoms with Crippen LogP contribution in [0.15, 0.2) is 36.4 Å². The van der Waals surface area contributed by atoms with Gasteiger partial charge in [-0.05, 0) is 30.3 Å². The standard InChI is InChI=1S/C14H9Cl3O3/c15-8-4-5-13(18)9(6-8)14(19)20-7-10-11(16)2-1-3-12(10)17/h1-6,18H,7H2. The van der Waals surface area contributed by atoms with Gasteiger partial charge in [-0.25, -0.2) is 4.79 Å². The predicted molar refractivity (Wildman–Crippen MR) is 78.7 cm³/mol. The molecule has 6 heteroatoms. The molecule has 2 aromatic carbocycles. The summed E-state index contributed by atoms with van der Waals surface area (Å²) in [7, 11) is 0. The lowest BCUT2D eigenvalue weighted by Crippen LogP contribution is -2.06. The molecule has 2 rings (SSSR count). The molecule has 0 aliphatic rings. The molecular weight excluding hydrogens is 323 g/mol. The fourth-order valence-corrected chi connectivity index (χ4v) is 2.24. The monoisotopic (exact) mass is 330 g/mol. The number of carbonyl (C=O) groups is 1. The van der Waals surface area contributed by atoms with Gasteiger partial charge in [-0.2, -0.15) is 0 Å². The van der Waals surface area contributed by atoms with Crippen molar-refractivity contribution in [2.45, 2.75) is 6.61 Å². The second kappa shape index (κ2) is 6.35. The first kappa shape index (κ1) is 15.0. The fourth-order valence-electron chi connectivity index (χ4n) is 1.56. The van der Waals surface area contributed by atoms with Crippen LogP contribution in [0.4, 0.5) is 0 Å². The zero-order valence-corrected chi connectivity index (χ0v) is 12.3. The molecule has 0 amide bonds. The van der Waals surface area contributed by atoms with Crippen molar-refractivity contribution in [1.29, 1.82) is 0 Å². The van der Waals surface area contributed by atoms with E-state index in [0.29, 0.717) is 20.6 Å². The molecule has 0 atom stereocenters. The van der Waals surface area contributed by atoms with E-state index in [4.69, 9.17) is 39.5 Å². The Hall–Kier alpha value is -1.42. The minimum atomic E-state index is -0.707. The third-order valence-electron chi connectivity index (χ3n) is 2.59. The highest BCUT2D eigenvalue weighted by Crippen LogP contribution is 2.26. The number of benzene rings is 2. The Kier molecular flexibility index (Phi) is 4.76. The lowest BCUT2D eigenvalue weighted by Gasteiger charge is -2.09. The average molecular weight is 332 g/mol. The summed E-state index contributed by atoms with van der Waals surface area (Å²) < 4.78 is 5.09. The molecule has 20 heavy (non-hydrogen) atoms. The van der Waals surface area contributed by atoms with Gasteiger partial charge in [0.15, 0.2) is 0 Å². The van der Waals surface area contributed by atoms with Gasteiger partial charge in [-0.3, -0.25) is 0 Å². The Morgan fingerprint density at radius 2 is 1.75 bits per heavy atom. The van der Waals surface area contributed by atoms with E-state index in [1.165, 1.54) is 18.2 Å². The Labute approximate surface area is 130 Å². The summed E-state index contributed by atoms with van der Waals surface area (Å²) in [6.45, 7) is -0.0940. The minimum Gasteiger partial charge on any atom is -0.507 e. The maximum Gasteiger partial charge on any atom is 0.342 e. The molecule has 2 aromatic rings. The average Bonchev–Trinajstić information content (AvgIpc) is 2.40. The zero-order valence-electron chi connectivity index (χ0n) is 10.1. The Bertz CT molecular complexity index is 636. The van der Waals surface area contributed by atoms with Gasteiger partial charge in [0.25, 0.3) is 0 Å². The second-order valence-corrected chi connectivity index (χ2v) is 5.19. The van der Waals surface area contributed by atoms with Crippen molar-refractivity contribution in [3.63, 3.8) is 0 Å². The molecule has 104 valence electrons. The van der Waals surface area contributed by atoms with Crippen LogP contribution in [-0.2, 0) is 11.3 Å². The van der Waals surface area contributed by atoms with Crippen molar-refractivity contribution in [3.05, 3.63) is 62.6 Å². The van der Waals surface area contributed by atoms with Crippen LogP contribution in [0.2, 0.25) is 15.1 Å². The molecule has 3 nitrogen and oxygen atoms in total. The number of hydrogen-bond acceptors (Lipinski definition) is 3. The molecule has 0 fully saturated rings. The molecule has 0 spiro atoms. The first-order valence-corrected chi connectivity index (χ1v) is 6.71. The number of hydrogen-bond donors (Lipinski definition) is 1. The summed E-state index contributed by atoms with van der Waals surface area (Å²) in [6, 6.07) is 9.10. The number of carbonyl (C=O) groups excluding carboxylic acids is 1. The van der Waals surface area contributed by atoms with E-state index < -0.39 is 5.97 Å². The van der Waals surface area contributed by atoms with Gasteiger partial charge in [0, 0.05) is 20.6 Å². The van der Waals surface area contributed by atoms with Gasteiger partial charge in [0.1, 0.15) is 17.9 Å². The van der Waals surface area contributed by atoms with Crippen LogP contribution in [0.25, 0.3) is 0 Å². The third kappa shape index (κ3) is 3.37. The number of phenols is 1. The van der Waals surface area contributed by atoms with Crippen LogP contribution in [0.1, 0.15) is 15.9 Å². The van der Waals surface area contributed by atoms with Gasteiger partial charge < -0.3 is 9.84 Å². The quantitative estimate of drug-likeness (QED) is 0.829. The summed E-state index contributed by atoms with van der Waals surface area (Å²) in [5, 5.41) is 10.7. The highest BCUT2D eigenvalue weighted by atomic mass is 35.5. The highest BCUT2D eigenvalue weighted by molar-refractivity contribution is 6.36. The molecular formula is C14H9Cl3O3. The van der Waals surface area contributed by atoms with E-state index in [0.717, 1.165) is 0 Å². The second-order valence-electron chi connectivity index (χ2n) is 3.94. The van der Waals surface area contributed by atoms with E-state index in [1.807, 2.05) is 0 Å². The third-order valence-corrected chi connectivity index (χ3v) is 3.53. The van der Waals surface area contributed by atoms with Gasteiger partial charge in [0.05, 0.1) is 0 Å². The molecule has 0 radical (unpaired) electrons. The molecule has 0 heterocycles.